The molecule has 37 heavy (non-hydrogen) atoms. The first-order valence-electron chi connectivity index (χ1n) is 12.0. The summed E-state index contributed by atoms with van der Waals surface area (Å²) in [6, 6.07) is 18.1. The van der Waals surface area contributed by atoms with Gasteiger partial charge in [-0.15, -0.1) is 0 Å². The molecule has 5 nitrogen and oxygen atoms in total. The Balaban J connectivity index is 1.55. The monoisotopic (exact) mass is 503 g/mol. The third-order valence-corrected chi connectivity index (χ3v) is 6.98. The van der Waals surface area contributed by atoms with Gasteiger partial charge in [-0.3, -0.25) is 19.6 Å². The SMILES string of the molecule is CC1=NC2=C(C(=O)C[C@@H](c3ccccc3)C2)[C@@H](c2cccnc2)C1C(=O)Nc1ccccc1C(F)(F)F. The van der Waals surface area contributed by atoms with Crippen LogP contribution in [0.2, 0.25) is 0 Å². The number of aliphatic imine (C=N–C) groups is 1. The van der Waals surface area contributed by atoms with E-state index in [-0.39, 0.29) is 23.8 Å². The highest BCUT2D eigenvalue weighted by molar-refractivity contribution is 6.13. The number of para-hydroxylation sites is 1. The molecule has 0 bridgehead atoms. The summed E-state index contributed by atoms with van der Waals surface area (Å²) < 4.78 is 40.7. The number of allylic oxidation sites excluding steroid dienone is 2. The van der Waals surface area contributed by atoms with E-state index in [0.29, 0.717) is 29.0 Å². The van der Waals surface area contributed by atoms with Gasteiger partial charge < -0.3 is 5.32 Å². The number of anilines is 1. The Morgan fingerprint density at radius 3 is 2.35 bits per heavy atom. The molecule has 2 heterocycles. The first kappa shape index (κ1) is 24.6. The fourth-order valence-corrected chi connectivity index (χ4v) is 5.33. The lowest BCUT2D eigenvalue weighted by Crippen LogP contribution is -2.40. The lowest BCUT2D eigenvalue weighted by molar-refractivity contribution is -0.137. The molecular weight excluding hydrogens is 479 g/mol. The number of alkyl halides is 3. The van der Waals surface area contributed by atoms with Crippen LogP contribution in [0.5, 0.6) is 0 Å². The van der Waals surface area contributed by atoms with E-state index in [1.54, 1.807) is 31.5 Å². The fourth-order valence-electron chi connectivity index (χ4n) is 5.33. The van der Waals surface area contributed by atoms with Crippen molar-refractivity contribution in [3.8, 4) is 0 Å². The minimum atomic E-state index is -4.64. The van der Waals surface area contributed by atoms with Gasteiger partial charge in [-0.2, -0.15) is 13.2 Å². The maximum atomic E-state index is 13.6. The average molecular weight is 504 g/mol. The van der Waals surface area contributed by atoms with E-state index < -0.39 is 29.5 Å². The van der Waals surface area contributed by atoms with Gasteiger partial charge in [0.1, 0.15) is 0 Å². The van der Waals surface area contributed by atoms with Crippen LogP contribution >= 0.6 is 0 Å². The Morgan fingerprint density at radius 2 is 1.65 bits per heavy atom. The number of benzene rings is 2. The van der Waals surface area contributed by atoms with Gasteiger partial charge in [-0.1, -0.05) is 48.5 Å². The van der Waals surface area contributed by atoms with Gasteiger partial charge in [0.2, 0.25) is 5.91 Å². The van der Waals surface area contributed by atoms with Crippen LogP contribution in [-0.4, -0.2) is 22.4 Å². The molecule has 1 unspecified atom stereocenters. The van der Waals surface area contributed by atoms with Crippen LogP contribution in [-0.2, 0) is 15.8 Å². The Hall–Kier alpha value is -4.07. The Morgan fingerprint density at radius 1 is 0.946 bits per heavy atom. The van der Waals surface area contributed by atoms with Crippen molar-refractivity contribution in [3.05, 3.63) is 107 Å². The van der Waals surface area contributed by atoms with E-state index in [0.717, 1.165) is 11.6 Å². The quantitative estimate of drug-likeness (QED) is 0.453. The Labute approximate surface area is 212 Å². The zero-order chi connectivity index (χ0) is 26.2. The summed E-state index contributed by atoms with van der Waals surface area (Å²) in [4.78, 5) is 36.1. The number of nitrogens with one attached hydrogen (secondary N) is 1. The van der Waals surface area contributed by atoms with Crippen molar-refractivity contribution in [2.45, 2.75) is 37.8 Å². The molecule has 0 spiro atoms. The molecule has 1 aliphatic heterocycles. The minimum Gasteiger partial charge on any atom is -0.325 e. The van der Waals surface area contributed by atoms with Crippen molar-refractivity contribution in [1.29, 1.82) is 0 Å². The van der Waals surface area contributed by atoms with Crippen LogP contribution in [0, 0.1) is 5.92 Å². The topological polar surface area (TPSA) is 71.4 Å². The number of rotatable bonds is 4. The molecule has 5 rings (SSSR count). The predicted octanol–water partition coefficient (Wildman–Crippen LogP) is 6.31. The van der Waals surface area contributed by atoms with E-state index in [4.69, 9.17) is 4.99 Å². The summed E-state index contributed by atoms with van der Waals surface area (Å²) in [7, 11) is 0. The van der Waals surface area contributed by atoms with Gasteiger partial charge in [-0.25, -0.2) is 0 Å². The molecule has 1 N–H and O–H groups in total. The molecule has 3 atom stereocenters. The van der Waals surface area contributed by atoms with E-state index in [1.807, 2.05) is 30.3 Å². The molecule has 1 amide bonds. The molecule has 0 fully saturated rings. The molecule has 188 valence electrons. The lowest BCUT2D eigenvalue weighted by Gasteiger charge is -2.37. The first-order valence-corrected chi connectivity index (χ1v) is 12.0. The summed E-state index contributed by atoms with van der Waals surface area (Å²) in [5.74, 6) is -2.49. The second kappa shape index (κ2) is 9.76. The summed E-state index contributed by atoms with van der Waals surface area (Å²) in [6.07, 6.45) is -0.659. The molecule has 2 aromatic carbocycles. The zero-order valence-electron chi connectivity index (χ0n) is 20.0. The van der Waals surface area contributed by atoms with Crippen LogP contribution in [0.1, 0.15) is 48.3 Å². The summed E-state index contributed by atoms with van der Waals surface area (Å²) in [6.45, 7) is 1.68. The van der Waals surface area contributed by atoms with E-state index in [2.05, 4.69) is 10.3 Å². The molecule has 1 aliphatic carbocycles. The van der Waals surface area contributed by atoms with Crippen molar-refractivity contribution in [3.63, 3.8) is 0 Å². The number of ketones is 1. The van der Waals surface area contributed by atoms with E-state index >= 15 is 0 Å². The lowest BCUT2D eigenvalue weighted by atomic mass is 9.69. The second-order valence-electron chi connectivity index (χ2n) is 9.33. The van der Waals surface area contributed by atoms with Crippen LogP contribution in [0.4, 0.5) is 18.9 Å². The highest BCUT2D eigenvalue weighted by atomic mass is 19.4. The first-order chi connectivity index (χ1) is 17.7. The van der Waals surface area contributed by atoms with Crippen molar-refractivity contribution in [1.82, 2.24) is 4.98 Å². The summed E-state index contributed by atoms with van der Waals surface area (Å²) >= 11 is 0. The van der Waals surface area contributed by atoms with Gasteiger partial charge in [0.25, 0.3) is 0 Å². The van der Waals surface area contributed by atoms with Crippen molar-refractivity contribution in [2.24, 2.45) is 10.9 Å². The number of hydrogen-bond donors (Lipinski definition) is 1. The molecule has 8 heteroatoms. The van der Waals surface area contributed by atoms with Crippen LogP contribution < -0.4 is 5.32 Å². The van der Waals surface area contributed by atoms with Gasteiger partial charge in [0.05, 0.1) is 17.2 Å². The largest absolute Gasteiger partial charge is 0.418 e. The molecule has 0 saturated carbocycles. The maximum Gasteiger partial charge on any atom is 0.418 e. The van der Waals surface area contributed by atoms with Crippen LogP contribution in [0.3, 0.4) is 0 Å². The van der Waals surface area contributed by atoms with Gasteiger partial charge in [-0.05, 0) is 48.6 Å². The van der Waals surface area contributed by atoms with Crippen molar-refractivity contribution in [2.75, 3.05) is 5.32 Å². The average Bonchev–Trinajstić information content (AvgIpc) is 2.88. The Kier molecular flexibility index (Phi) is 6.50. The summed E-state index contributed by atoms with van der Waals surface area (Å²) in [5, 5.41) is 2.47. The Bertz CT molecular complexity index is 1400. The third kappa shape index (κ3) is 4.83. The molecule has 0 radical (unpaired) electrons. The molecule has 0 saturated heterocycles. The zero-order valence-corrected chi connectivity index (χ0v) is 20.0. The van der Waals surface area contributed by atoms with Crippen molar-refractivity contribution >= 4 is 23.1 Å². The normalized spacial score (nSPS) is 21.8. The number of amides is 1. The number of pyridine rings is 1. The summed E-state index contributed by atoms with van der Waals surface area (Å²) in [5.41, 5.74) is 1.90. The van der Waals surface area contributed by atoms with Crippen LogP contribution in [0.15, 0.2) is 95.4 Å². The van der Waals surface area contributed by atoms with Gasteiger partial charge in [0, 0.05) is 41.7 Å². The van der Waals surface area contributed by atoms with Gasteiger partial charge >= 0.3 is 6.18 Å². The van der Waals surface area contributed by atoms with Crippen molar-refractivity contribution < 1.29 is 22.8 Å². The maximum absolute atomic E-state index is 13.6. The predicted molar refractivity (Wildman–Crippen MR) is 134 cm³/mol. The molecule has 2 aliphatic rings. The minimum absolute atomic E-state index is 0.0393. The third-order valence-electron chi connectivity index (χ3n) is 6.98. The number of nitrogens with zero attached hydrogens (tertiary/aromatic N) is 2. The van der Waals surface area contributed by atoms with Gasteiger partial charge in [0.15, 0.2) is 5.78 Å². The van der Waals surface area contributed by atoms with Crippen LogP contribution in [0.25, 0.3) is 0 Å². The molecule has 3 aromatic rings. The number of aromatic nitrogens is 1. The number of halogens is 3. The smallest absolute Gasteiger partial charge is 0.325 e. The fraction of sp³-hybridized carbons (Fsp3) is 0.241. The highest BCUT2D eigenvalue weighted by Crippen LogP contribution is 2.47. The van der Waals surface area contributed by atoms with E-state index in [9.17, 15) is 22.8 Å². The second-order valence-corrected chi connectivity index (χ2v) is 9.33. The number of hydrogen-bond acceptors (Lipinski definition) is 4. The number of Topliss-reactive ketones (excluding diaryl/α,β-unsaturated/α-hetero) is 1. The van der Waals surface area contributed by atoms with E-state index in [1.165, 1.54) is 18.2 Å². The number of carbonyl (C=O) groups excluding carboxylic acids is 2. The standard InChI is InChI=1S/C29H24F3N3O2/c1-17-25(28(37)35-22-12-6-5-11-21(22)29(30,31)32)26(19-10-7-13-33-16-19)27-23(34-17)14-20(15-24(27)36)18-8-3-2-4-9-18/h2-13,16,20,25-26H,14-15H2,1H3,(H,35,37)/t20-,25?,26-/m0/s1. The number of carbonyl (C=O) groups is 2. The molecule has 1 aromatic heterocycles. The highest BCUT2D eigenvalue weighted by Gasteiger charge is 2.44. The molecular formula is C29H24F3N3O2.